The first kappa shape index (κ1) is 21.9. The lowest BCUT2D eigenvalue weighted by Crippen LogP contribution is -2.38. The standard InChI is InChI=1S/C23H29N5O4/c1-31-20-8-7-18(15-19(20)28-10-3-2-6-21(28)29)26-23(30)25-16-17-5-4-9-24-22(17)27-11-13-32-14-12-27/h4-5,7-9,15H,2-3,6,10-14,16H2,1H3,(H2,25,26,30). The number of carbonyl (C=O) groups is 2. The summed E-state index contributed by atoms with van der Waals surface area (Å²) >= 11 is 0. The highest BCUT2D eigenvalue weighted by Gasteiger charge is 2.23. The Kier molecular flexibility index (Phi) is 7.06. The minimum Gasteiger partial charge on any atom is -0.495 e. The molecule has 2 aliphatic rings. The molecule has 9 heteroatoms. The van der Waals surface area contributed by atoms with E-state index >= 15 is 0 Å². The lowest BCUT2D eigenvalue weighted by molar-refractivity contribution is -0.119. The second-order valence-electron chi connectivity index (χ2n) is 7.78. The van der Waals surface area contributed by atoms with Crippen molar-refractivity contribution in [1.82, 2.24) is 10.3 Å². The molecule has 2 saturated heterocycles. The van der Waals surface area contributed by atoms with Crippen molar-refractivity contribution in [2.75, 3.05) is 55.1 Å². The minimum atomic E-state index is -0.331. The first-order valence-corrected chi connectivity index (χ1v) is 11.0. The molecule has 0 aliphatic carbocycles. The predicted molar refractivity (Wildman–Crippen MR) is 122 cm³/mol. The van der Waals surface area contributed by atoms with E-state index < -0.39 is 0 Å². The number of morpholine rings is 1. The predicted octanol–water partition coefficient (Wildman–Crippen LogP) is 2.77. The van der Waals surface area contributed by atoms with E-state index in [1.807, 2.05) is 12.1 Å². The maximum absolute atomic E-state index is 12.6. The smallest absolute Gasteiger partial charge is 0.319 e. The maximum atomic E-state index is 12.6. The quantitative estimate of drug-likeness (QED) is 0.719. The Bertz CT molecular complexity index is 961. The lowest BCUT2D eigenvalue weighted by Gasteiger charge is -2.29. The number of aromatic nitrogens is 1. The van der Waals surface area contributed by atoms with Gasteiger partial charge >= 0.3 is 6.03 Å². The van der Waals surface area contributed by atoms with Crippen LogP contribution in [0.2, 0.25) is 0 Å². The Morgan fingerprint density at radius 3 is 2.81 bits per heavy atom. The zero-order valence-electron chi connectivity index (χ0n) is 18.3. The molecule has 3 amide bonds. The van der Waals surface area contributed by atoms with Crippen LogP contribution in [-0.2, 0) is 16.1 Å². The van der Waals surface area contributed by atoms with Gasteiger partial charge in [0.15, 0.2) is 0 Å². The fraction of sp³-hybridized carbons (Fsp3) is 0.435. The topological polar surface area (TPSA) is 96.0 Å². The second kappa shape index (κ2) is 10.3. The number of carbonyl (C=O) groups excluding carboxylic acids is 2. The Labute approximate surface area is 187 Å². The Hall–Kier alpha value is -3.33. The van der Waals surface area contributed by atoms with Crippen LogP contribution in [0.3, 0.4) is 0 Å². The van der Waals surface area contributed by atoms with Crippen molar-refractivity contribution in [3.63, 3.8) is 0 Å². The molecule has 0 radical (unpaired) electrons. The third kappa shape index (κ3) is 5.11. The van der Waals surface area contributed by atoms with E-state index in [9.17, 15) is 9.59 Å². The Morgan fingerprint density at radius 2 is 2.03 bits per heavy atom. The monoisotopic (exact) mass is 439 g/mol. The third-order valence-corrected chi connectivity index (χ3v) is 5.67. The van der Waals surface area contributed by atoms with E-state index in [1.165, 1.54) is 0 Å². The largest absolute Gasteiger partial charge is 0.495 e. The SMILES string of the molecule is COc1ccc(NC(=O)NCc2cccnc2N2CCOCC2)cc1N1CCCCC1=O. The summed E-state index contributed by atoms with van der Waals surface area (Å²) in [5.74, 6) is 1.55. The van der Waals surface area contributed by atoms with E-state index in [4.69, 9.17) is 9.47 Å². The summed E-state index contributed by atoms with van der Waals surface area (Å²) in [5.41, 5.74) is 2.21. The number of anilines is 3. The van der Waals surface area contributed by atoms with Gasteiger partial charge in [-0.15, -0.1) is 0 Å². The Balaban J connectivity index is 1.42. The van der Waals surface area contributed by atoms with Crippen molar-refractivity contribution < 1.29 is 19.1 Å². The number of nitrogens with zero attached hydrogens (tertiary/aromatic N) is 3. The molecule has 1 aromatic heterocycles. The molecule has 3 heterocycles. The van der Waals surface area contributed by atoms with Gasteiger partial charge in [0.05, 0.1) is 26.0 Å². The fourth-order valence-corrected chi connectivity index (χ4v) is 4.02. The van der Waals surface area contributed by atoms with Gasteiger partial charge in [-0.05, 0) is 37.1 Å². The van der Waals surface area contributed by atoms with Gasteiger partial charge in [-0.25, -0.2) is 9.78 Å². The molecule has 4 rings (SSSR count). The maximum Gasteiger partial charge on any atom is 0.319 e. The van der Waals surface area contributed by atoms with Gasteiger partial charge in [-0.3, -0.25) is 4.79 Å². The molecule has 2 aliphatic heterocycles. The number of urea groups is 1. The van der Waals surface area contributed by atoms with Crippen LogP contribution >= 0.6 is 0 Å². The number of hydrogen-bond donors (Lipinski definition) is 2. The molecule has 0 saturated carbocycles. The van der Waals surface area contributed by atoms with Gasteiger partial charge in [0.2, 0.25) is 5.91 Å². The van der Waals surface area contributed by atoms with E-state index in [1.54, 1.807) is 36.4 Å². The highest BCUT2D eigenvalue weighted by molar-refractivity contribution is 5.97. The molecular weight excluding hydrogens is 410 g/mol. The summed E-state index contributed by atoms with van der Waals surface area (Å²) in [5, 5.41) is 5.76. The zero-order chi connectivity index (χ0) is 22.3. The summed E-state index contributed by atoms with van der Waals surface area (Å²) in [6, 6.07) is 8.81. The number of benzene rings is 1. The van der Waals surface area contributed by atoms with Crippen molar-refractivity contribution in [1.29, 1.82) is 0 Å². The van der Waals surface area contributed by atoms with Crippen LogP contribution < -0.4 is 25.2 Å². The molecule has 0 unspecified atom stereocenters. The molecule has 2 fully saturated rings. The first-order chi connectivity index (χ1) is 15.7. The number of nitrogens with one attached hydrogen (secondary N) is 2. The number of rotatable bonds is 6. The summed E-state index contributed by atoms with van der Waals surface area (Å²) in [4.78, 5) is 33.4. The number of hydrogen-bond acceptors (Lipinski definition) is 6. The lowest BCUT2D eigenvalue weighted by atomic mass is 10.1. The average Bonchev–Trinajstić information content (AvgIpc) is 2.84. The van der Waals surface area contributed by atoms with Crippen LogP contribution in [0, 0.1) is 0 Å². The van der Waals surface area contributed by atoms with Crippen LogP contribution in [0.15, 0.2) is 36.5 Å². The normalized spacial score (nSPS) is 16.6. The van der Waals surface area contributed by atoms with Crippen molar-refractivity contribution in [2.24, 2.45) is 0 Å². The molecule has 0 spiro atoms. The minimum absolute atomic E-state index is 0.0726. The van der Waals surface area contributed by atoms with Crippen molar-refractivity contribution in [2.45, 2.75) is 25.8 Å². The number of pyridine rings is 1. The number of amides is 3. The van der Waals surface area contributed by atoms with Crippen LogP contribution in [0.4, 0.5) is 22.0 Å². The fourth-order valence-electron chi connectivity index (χ4n) is 4.02. The molecule has 9 nitrogen and oxygen atoms in total. The van der Waals surface area contributed by atoms with Crippen LogP contribution in [-0.4, -0.2) is 56.9 Å². The van der Waals surface area contributed by atoms with Gasteiger partial charge < -0.3 is 29.9 Å². The van der Waals surface area contributed by atoms with E-state index in [2.05, 4.69) is 20.5 Å². The van der Waals surface area contributed by atoms with Crippen LogP contribution in [0.1, 0.15) is 24.8 Å². The molecule has 170 valence electrons. The molecule has 1 aromatic carbocycles. The van der Waals surface area contributed by atoms with Gasteiger partial charge in [-0.1, -0.05) is 6.07 Å². The van der Waals surface area contributed by atoms with Gasteiger partial charge in [-0.2, -0.15) is 0 Å². The van der Waals surface area contributed by atoms with Gasteiger partial charge in [0, 0.05) is 50.0 Å². The number of methoxy groups -OCH3 is 1. The van der Waals surface area contributed by atoms with Crippen molar-refractivity contribution >= 4 is 29.1 Å². The number of piperidine rings is 1. The number of ether oxygens (including phenoxy) is 2. The molecule has 2 N–H and O–H groups in total. The molecule has 2 aromatic rings. The summed E-state index contributed by atoms with van der Waals surface area (Å²) in [6.45, 7) is 3.89. The molecule has 32 heavy (non-hydrogen) atoms. The molecular formula is C23H29N5O4. The average molecular weight is 440 g/mol. The van der Waals surface area contributed by atoms with Crippen molar-refractivity contribution in [3.05, 3.63) is 42.1 Å². The summed E-state index contributed by atoms with van der Waals surface area (Å²) < 4.78 is 10.9. The molecule has 0 bridgehead atoms. The summed E-state index contributed by atoms with van der Waals surface area (Å²) in [6.07, 6.45) is 4.13. The zero-order valence-corrected chi connectivity index (χ0v) is 18.3. The van der Waals surface area contributed by atoms with Crippen LogP contribution in [0.5, 0.6) is 5.75 Å². The van der Waals surface area contributed by atoms with E-state index in [0.29, 0.717) is 49.8 Å². The highest BCUT2D eigenvalue weighted by atomic mass is 16.5. The second-order valence-corrected chi connectivity index (χ2v) is 7.78. The van der Waals surface area contributed by atoms with Gasteiger partial charge in [0.25, 0.3) is 0 Å². The first-order valence-electron chi connectivity index (χ1n) is 11.0. The van der Waals surface area contributed by atoms with Crippen molar-refractivity contribution in [3.8, 4) is 5.75 Å². The van der Waals surface area contributed by atoms with E-state index in [0.717, 1.165) is 37.3 Å². The van der Waals surface area contributed by atoms with Gasteiger partial charge in [0.1, 0.15) is 11.6 Å². The Morgan fingerprint density at radius 1 is 1.19 bits per heavy atom. The molecule has 0 atom stereocenters. The third-order valence-electron chi connectivity index (χ3n) is 5.67. The summed E-state index contributed by atoms with van der Waals surface area (Å²) in [7, 11) is 1.58. The van der Waals surface area contributed by atoms with E-state index in [-0.39, 0.29) is 11.9 Å². The highest BCUT2D eigenvalue weighted by Crippen LogP contribution is 2.33. The van der Waals surface area contributed by atoms with Crippen LogP contribution in [0.25, 0.3) is 0 Å².